The van der Waals surface area contributed by atoms with Crippen molar-refractivity contribution in [2.45, 2.75) is 19.8 Å². The van der Waals surface area contributed by atoms with Gasteiger partial charge in [0, 0.05) is 0 Å². The van der Waals surface area contributed by atoms with Crippen LogP contribution in [0.3, 0.4) is 0 Å². The van der Waals surface area contributed by atoms with Crippen LogP contribution in [-0.2, 0) is 6.42 Å². The predicted octanol–water partition coefficient (Wildman–Crippen LogP) is 1.76. The van der Waals surface area contributed by atoms with E-state index in [2.05, 4.69) is 28.2 Å². The first kappa shape index (κ1) is 9.21. The summed E-state index contributed by atoms with van der Waals surface area (Å²) in [6.07, 6.45) is 2.03. The fourth-order valence-corrected chi connectivity index (χ4v) is 1.71. The molecule has 2 aromatic rings. The lowest BCUT2D eigenvalue weighted by Crippen LogP contribution is -2.00. The molecule has 1 heterocycles. The van der Waals surface area contributed by atoms with Gasteiger partial charge in [0.15, 0.2) is 0 Å². The predicted molar refractivity (Wildman–Crippen MR) is 58.2 cm³/mol. The second-order valence-corrected chi connectivity index (χ2v) is 3.53. The zero-order valence-electron chi connectivity index (χ0n) is 8.38. The average molecular weight is 189 g/mol. The Bertz CT molecular complexity index is 431. The van der Waals surface area contributed by atoms with E-state index in [9.17, 15) is 0 Å². The molecule has 1 aromatic heterocycles. The number of imidazole rings is 1. The van der Waals surface area contributed by atoms with Crippen LogP contribution in [0, 0.1) is 6.92 Å². The molecule has 3 N–H and O–H groups in total. The molecule has 14 heavy (non-hydrogen) atoms. The smallest absolute Gasteiger partial charge is 0.104 e. The molecule has 0 aliphatic carbocycles. The highest BCUT2D eigenvalue weighted by Crippen LogP contribution is 2.17. The van der Waals surface area contributed by atoms with Crippen molar-refractivity contribution in [3.63, 3.8) is 0 Å². The molecule has 0 unspecified atom stereocenters. The zero-order valence-corrected chi connectivity index (χ0v) is 8.38. The highest BCUT2D eigenvalue weighted by molar-refractivity contribution is 5.78. The second kappa shape index (κ2) is 3.80. The molecule has 0 aliphatic rings. The minimum Gasteiger partial charge on any atom is -0.342 e. The van der Waals surface area contributed by atoms with E-state index < -0.39 is 0 Å². The van der Waals surface area contributed by atoms with E-state index >= 15 is 0 Å². The zero-order chi connectivity index (χ0) is 9.97. The van der Waals surface area contributed by atoms with Crippen molar-refractivity contribution in [3.8, 4) is 0 Å². The Morgan fingerprint density at radius 2 is 2.29 bits per heavy atom. The van der Waals surface area contributed by atoms with Gasteiger partial charge in [-0.05, 0) is 37.9 Å². The SMILES string of the molecule is Cc1nc2c(CCCN)cccc2[nH]1. The molecule has 0 saturated heterocycles. The van der Waals surface area contributed by atoms with Crippen LogP contribution in [-0.4, -0.2) is 16.5 Å². The van der Waals surface area contributed by atoms with Gasteiger partial charge in [-0.3, -0.25) is 0 Å². The molecule has 0 aliphatic heterocycles. The van der Waals surface area contributed by atoms with Crippen molar-refractivity contribution in [3.05, 3.63) is 29.6 Å². The van der Waals surface area contributed by atoms with Crippen molar-refractivity contribution in [1.29, 1.82) is 0 Å². The third-order valence-electron chi connectivity index (χ3n) is 2.36. The number of nitrogens with zero attached hydrogens (tertiary/aromatic N) is 1. The lowest BCUT2D eigenvalue weighted by molar-refractivity contribution is 0.836. The molecule has 0 spiro atoms. The Kier molecular flexibility index (Phi) is 2.50. The number of aromatic nitrogens is 2. The first-order valence-electron chi connectivity index (χ1n) is 4.95. The summed E-state index contributed by atoms with van der Waals surface area (Å²) < 4.78 is 0. The Balaban J connectivity index is 2.42. The summed E-state index contributed by atoms with van der Waals surface area (Å²) in [7, 11) is 0. The van der Waals surface area contributed by atoms with Crippen molar-refractivity contribution in [2.75, 3.05) is 6.54 Å². The minimum absolute atomic E-state index is 0.736. The lowest BCUT2D eigenvalue weighted by Gasteiger charge is -1.99. The molecule has 3 heteroatoms. The van der Waals surface area contributed by atoms with Gasteiger partial charge in [0.1, 0.15) is 5.82 Å². The Labute approximate surface area is 83.3 Å². The van der Waals surface area contributed by atoms with Crippen LogP contribution in [0.5, 0.6) is 0 Å². The maximum absolute atomic E-state index is 5.50. The molecule has 0 amide bonds. The van der Waals surface area contributed by atoms with Gasteiger partial charge in [-0.25, -0.2) is 4.98 Å². The van der Waals surface area contributed by atoms with Crippen LogP contribution in [0.25, 0.3) is 11.0 Å². The van der Waals surface area contributed by atoms with Gasteiger partial charge in [0.25, 0.3) is 0 Å². The molecule has 0 atom stereocenters. The number of nitrogens with one attached hydrogen (secondary N) is 1. The van der Waals surface area contributed by atoms with Gasteiger partial charge in [0.05, 0.1) is 11.0 Å². The molecular weight excluding hydrogens is 174 g/mol. The molecule has 74 valence electrons. The highest BCUT2D eigenvalue weighted by atomic mass is 14.9. The highest BCUT2D eigenvalue weighted by Gasteiger charge is 2.03. The summed E-state index contributed by atoms with van der Waals surface area (Å²) >= 11 is 0. The van der Waals surface area contributed by atoms with E-state index in [-0.39, 0.29) is 0 Å². The minimum atomic E-state index is 0.736. The maximum atomic E-state index is 5.50. The number of nitrogens with two attached hydrogens (primary N) is 1. The van der Waals surface area contributed by atoms with E-state index in [1.54, 1.807) is 0 Å². The molecule has 0 saturated carbocycles. The third-order valence-corrected chi connectivity index (χ3v) is 2.36. The Morgan fingerprint density at radius 1 is 1.43 bits per heavy atom. The second-order valence-electron chi connectivity index (χ2n) is 3.53. The quantitative estimate of drug-likeness (QED) is 0.773. The number of hydrogen-bond acceptors (Lipinski definition) is 2. The van der Waals surface area contributed by atoms with Crippen molar-refractivity contribution >= 4 is 11.0 Å². The van der Waals surface area contributed by atoms with Crippen molar-refractivity contribution in [2.24, 2.45) is 5.73 Å². The van der Waals surface area contributed by atoms with Gasteiger partial charge < -0.3 is 10.7 Å². The largest absolute Gasteiger partial charge is 0.342 e. The Hall–Kier alpha value is -1.35. The maximum Gasteiger partial charge on any atom is 0.104 e. The number of aromatic amines is 1. The van der Waals surface area contributed by atoms with E-state index in [1.807, 2.05) is 6.92 Å². The molecule has 2 rings (SSSR count). The topological polar surface area (TPSA) is 54.7 Å². The average Bonchev–Trinajstić information content (AvgIpc) is 2.55. The van der Waals surface area contributed by atoms with Crippen LogP contribution >= 0.6 is 0 Å². The summed E-state index contributed by atoms with van der Waals surface area (Å²) in [6, 6.07) is 6.24. The molecule has 3 nitrogen and oxygen atoms in total. The summed E-state index contributed by atoms with van der Waals surface area (Å²) in [6.45, 7) is 2.71. The van der Waals surface area contributed by atoms with Gasteiger partial charge in [-0.2, -0.15) is 0 Å². The number of H-pyrrole nitrogens is 1. The van der Waals surface area contributed by atoms with E-state index in [0.29, 0.717) is 0 Å². The number of para-hydroxylation sites is 1. The lowest BCUT2D eigenvalue weighted by atomic mass is 10.1. The normalized spacial score (nSPS) is 11.0. The van der Waals surface area contributed by atoms with Crippen molar-refractivity contribution in [1.82, 2.24) is 9.97 Å². The van der Waals surface area contributed by atoms with Gasteiger partial charge in [-0.1, -0.05) is 12.1 Å². The number of aryl methyl sites for hydroxylation is 2. The number of fused-ring (bicyclic) bond motifs is 1. The van der Waals surface area contributed by atoms with Crippen LogP contribution in [0.15, 0.2) is 18.2 Å². The Morgan fingerprint density at radius 3 is 3.07 bits per heavy atom. The molecule has 0 bridgehead atoms. The summed E-state index contributed by atoms with van der Waals surface area (Å²) in [5, 5.41) is 0. The fraction of sp³-hybridized carbons (Fsp3) is 0.364. The van der Waals surface area contributed by atoms with Crippen LogP contribution in [0.4, 0.5) is 0 Å². The van der Waals surface area contributed by atoms with Crippen LogP contribution in [0.1, 0.15) is 17.8 Å². The third kappa shape index (κ3) is 1.63. The van der Waals surface area contributed by atoms with Crippen LogP contribution < -0.4 is 5.73 Å². The first-order chi connectivity index (χ1) is 6.81. The summed E-state index contributed by atoms with van der Waals surface area (Å²) in [5.41, 5.74) is 9.00. The number of rotatable bonds is 3. The monoisotopic (exact) mass is 189 g/mol. The van der Waals surface area contributed by atoms with Crippen molar-refractivity contribution < 1.29 is 0 Å². The standard InChI is InChI=1S/C11H15N3/c1-8-13-10-6-2-4-9(5-3-7-12)11(10)14-8/h2,4,6H,3,5,7,12H2,1H3,(H,13,14). The van der Waals surface area contributed by atoms with E-state index in [0.717, 1.165) is 36.2 Å². The number of benzene rings is 1. The first-order valence-corrected chi connectivity index (χ1v) is 4.95. The van der Waals surface area contributed by atoms with Gasteiger partial charge in [0.2, 0.25) is 0 Å². The summed E-state index contributed by atoms with van der Waals surface area (Å²) in [5.74, 6) is 0.972. The molecule has 1 aromatic carbocycles. The molecular formula is C11H15N3. The molecule has 0 radical (unpaired) electrons. The number of hydrogen-bond donors (Lipinski definition) is 2. The van der Waals surface area contributed by atoms with E-state index in [4.69, 9.17) is 5.73 Å². The van der Waals surface area contributed by atoms with E-state index in [1.165, 1.54) is 5.56 Å². The van der Waals surface area contributed by atoms with Gasteiger partial charge >= 0.3 is 0 Å². The fourth-order valence-electron chi connectivity index (χ4n) is 1.71. The molecule has 0 fully saturated rings. The van der Waals surface area contributed by atoms with Gasteiger partial charge in [-0.15, -0.1) is 0 Å². The summed E-state index contributed by atoms with van der Waals surface area (Å²) in [4.78, 5) is 7.70. The van der Waals surface area contributed by atoms with Crippen LogP contribution in [0.2, 0.25) is 0 Å².